The molecule has 1 atom stereocenters. The molecule has 21 heavy (non-hydrogen) atoms. The molecule has 0 fully saturated rings. The summed E-state index contributed by atoms with van der Waals surface area (Å²) < 4.78 is 0. The molecule has 1 aromatic carbocycles. The summed E-state index contributed by atoms with van der Waals surface area (Å²) in [5, 5.41) is 27.2. The Morgan fingerprint density at radius 2 is 1.95 bits per heavy atom. The lowest BCUT2D eigenvalue weighted by Gasteiger charge is -2.14. The van der Waals surface area contributed by atoms with Crippen LogP contribution in [-0.2, 0) is 22.4 Å². The second-order valence-electron chi connectivity index (χ2n) is 4.59. The zero-order valence-electron chi connectivity index (χ0n) is 11.1. The van der Waals surface area contributed by atoms with E-state index in [-0.39, 0.29) is 18.6 Å². The monoisotopic (exact) mass is 289 g/mol. The van der Waals surface area contributed by atoms with Crippen molar-refractivity contribution < 1.29 is 19.8 Å². The van der Waals surface area contributed by atoms with Crippen LogP contribution < -0.4 is 5.32 Å². The Kier molecular flexibility index (Phi) is 4.55. The lowest BCUT2D eigenvalue weighted by Crippen LogP contribution is -2.43. The minimum absolute atomic E-state index is 0.0410. The first-order valence-corrected chi connectivity index (χ1v) is 6.33. The number of rotatable bonds is 6. The number of carbonyl (C=O) groups excluding carboxylic acids is 1. The molecule has 2 rings (SSSR count). The topological polar surface area (TPSA) is 115 Å². The number of aromatic hydroxyl groups is 1. The second kappa shape index (κ2) is 6.56. The largest absolute Gasteiger partial charge is 0.508 e. The van der Waals surface area contributed by atoms with Crippen molar-refractivity contribution in [2.24, 2.45) is 0 Å². The number of H-pyrrole nitrogens is 1. The van der Waals surface area contributed by atoms with Crippen molar-refractivity contribution in [3.05, 3.63) is 47.8 Å². The zero-order chi connectivity index (χ0) is 15.2. The van der Waals surface area contributed by atoms with Gasteiger partial charge in [0.1, 0.15) is 11.8 Å². The normalized spacial score (nSPS) is 11.8. The molecule has 0 spiro atoms. The van der Waals surface area contributed by atoms with Gasteiger partial charge in [0.25, 0.3) is 0 Å². The summed E-state index contributed by atoms with van der Waals surface area (Å²) in [5.41, 5.74) is 1.32. The summed E-state index contributed by atoms with van der Waals surface area (Å²) in [6, 6.07) is 6.81. The number of hydrogen-bond donors (Lipinski definition) is 4. The summed E-state index contributed by atoms with van der Waals surface area (Å²) in [5.74, 6) is -1.40. The molecule has 0 aliphatic rings. The fourth-order valence-electron chi connectivity index (χ4n) is 1.87. The molecule has 2 aromatic rings. The van der Waals surface area contributed by atoms with Crippen LogP contribution in [0.25, 0.3) is 0 Å². The van der Waals surface area contributed by atoms with Gasteiger partial charge in [0.05, 0.1) is 6.42 Å². The van der Waals surface area contributed by atoms with Gasteiger partial charge in [-0.3, -0.25) is 9.89 Å². The minimum Gasteiger partial charge on any atom is -0.508 e. The molecule has 0 saturated carbocycles. The maximum atomic E-state index is 11.8. The molecule has 1 aromatic heterocycles. The number of carboxylic acid groups (broad SMARTS) is 1. The van der Waals surface area contributed by atoms with Gasteiger partial charge < -0.3 is 15.5 Å². The lowest BCUT2D eigenvalue weighted by molar-refractivity contribution is -0.141. The van der Waals surface area contributed by atoms with E-state index in [4.69, 9.17) is 0 Å². The Bertz CT molecular complexity index is 608. The van der Waals surface area contributed by atoms with Crippen molar-refractivity contribution in [1.82, 2.24) is 15.5 Å². The van der Waals surface area contributed by atoms with E-state index < -0.39 is 17.9 Å². The fraction of sp³-hybridized carbons (Fsp3) is 0.214. The van der Waals surface area contributed by atoms with E-state index in [1.165, 1.54) is 18.3 Å². The fourth-order valence-corrected chi connectivity index (χ4v) is 1.87. The maximum Gasteiger partial charge on any atom is 0.326 e. The Balaban J connectivity index is 1.97. The second-order valence-corrected chi connectivity index (χ2v) is 4.59. The number of nitrogens with zero attached hydrogens (tertiary/aromatic N) is 1. The number of carboxylic acids is 1. The molecular formula is C14H15N3O4. The van der Waals surface area contributed by atoms with Gasteiger partial charge in [-0.2, -0.15) is 5.10 Å². The summed E-state index contributed by atoms with van der Waals surface area (Å²) >= 11 is 0. The van der Waals surface area contributed by atoms with Gasteiger partial charge in [-0.05, 0) is 23.8 Å². The van der Waals surface area contributed by atoms with Crippen LogP contribution in [0, 0.1) is 0 Å². The highest BCUT2D eigenvalue weighted by Gasteiger charge is 2.20. The summed E-state index contributed by atoms with van der Waals surface area (Å²) in [6.45, 7) is 0. The van der Waals surface area contributed by atoms with E-state index in [0.29, 0.717) is 11.3 Å². The van der Waals surface area contributed by atoms with Crippen LogP contribution in [0.3, 0.4) is 0 Å². The highest BCUT2D eigenvalue weighted by molar-refractivity contribution is 5.84. The molecule has 110 valence electrons. The Morgan fingerprint density at radius 1 is 1.24 bits per heavy atom. The number of nitrogens with one attached hydrogen (secondary N) is 2. The lowest BCUT2D eigenvalue weighted by atomic mass is 10.1. The van der Waals surface area contributed by atoms with E-state index in [1.807, 2.05) is 0 Å². The third kappa shape index (κ3) is 4.34. The third-order valence-electron chi connectivity index (χ3n) is 2.92. The molecule has 1 heterocycles. The van der Waals surface area contributed by atoms with Gasteiger partial charge in [-0.25, -0.2) is 4.79 Å². The van der Waals surface area contributed by atoms with Crippen LogP contribution >= 0.6 is 0 Å². The molecule has 7 nitrogen and oxygen atoms in total. The molecule has 1 amide bonds. The first-order valence-electron chi connectivity index (χ1n) is 6.33. The van der Waals surface area contributed by atoms with Crippen molar-refractivity contribution in [2.75, 3.05) is 0 Å². The van der Waals surface area contributed by atoms with Crippen molar-refractivity contribution in [3.63, 3.8) is 0 Å². The highest BCUT2D eigenvalue weighted by Crippen LogP contribution is 2.11. The molecule has 0 saturated heterocycles. The smallest absolute Gasteiger partial charge is 0.326 e. The van der Waals surface area contributed by atoms with E-state index in [1.54, 1.807) is 18.2 Å². The van der Waals surface area contributed by atoms with Gasteiger partial charge in [0, 0.05) is 18.3 Å². The predicted molar refractivity (Wildman–Crippen MR) is 73.7 cm³/mol. The summed E-state index contributed by atoms with van der Waals surface area (Å²) in [4.78, 5) is 23.0. The molecule has 0 aliphatic heterocycles. The highest BCUT2D eigenvalue weighted by atomic mass is 16.4. The number of carbonyl (C=O) groups is 2. The minimum atomic E-state index is -1.11. The molecule has 0 radical (unpaired) electrons. The van der Waals surface area contributed by atoms with Crippen LogP contribution in [0.15, 0.2) is 36.5 Å². The standard InChI is InChI=1S/C14H15N3O4/c18-11-3-1-9(2-4-11)7-12(14(20)21)16-13(19)8-10-5-6-15-17-10/h1-6,12,18H,7-8H2,(H,15,17)(H,16,19)(H,20,21)/t12-/m1/s1. The van der Waals surface area contributed by atoms with Crippen molar-refractivity contribution in [3.8, 4) is 5.75 Å². The van der Waals surface area contributed by atoms with E-state index >= 15 is 0 Å². The predicted octanol–water partition coefficient (Wildman–Crippen LogP) is 0.470. The van der Waals surface area contributed by atoms with Crippen molar-refractivity contribution in [2.45, 2.75) is 18.9 Å². The third-order valence-corrected chi connectivity index (χ3v) is 2.92. The average molecular weight is 289 g/mol. The molecule has 0 aliphatic carbocycles. The van der Waals surface area contributed by atoms with Gasteiger partial charge in [0.2, 0.25) is 5.91 Å². The number of amides is 1. The molecule has 4 N–H and O–H groups in total. The molecule has 0 bridgehead atoms. The van der Waals surface area contributed by atoms with Gasteiger partial charge in [-0.15, -0.1) is 0 Å². The van der Waals surface area contributed by atoms with Crippen LogP contribution in [0.4, 0.5) is 0 Å². The summed E-state index contributed by atoms with van der Waals surface area (Å²) in [7, 11) is 0. The SMILES string of the molecule is O=C(Cc1ccn[nH]1)N[C@H](Cc1ccc(O)cc1)C(=O)O. The number of aliphatic carboxylic acids is 1. The first kappa shape index (κ1) is 14.6. The zero-order valence-corrected chi connectivity index (χ0v) is 11.1. The maximum absolute atomic E-state index is 11.8. The molecule has 7 heteroatoms. The number of benzene rings is 1. The molecular weight excluding hydrogens is 274 g/mol. The van der Waals surface area contributed by atoms with Crippen LogP contribution in [0.5, 0.6) is 5.75 Å². The Labute approximate surface area is 120 Å². The number of aromatic nitrogens is 2. The quantitative estimate of drug-likeness (QED) is 0.617. The number of phenols is 1. The van der Waals surface area contributed by atoms with Crippen LogP contribution in [0.2, 0.25) is 0 Å². The summed E-state index contributed by atoms with van der Waals surface area (Å²) in [6.07, 6.45) is 1.71. The number of hydrogen-bond acceptors (Lipinski definition) is 4. The van der Waals surface area contributed by atoms with Crippen molar-refractivity contribution >= 4 is 11.9 Å². The number of aromatic amines is 1. The van der Waals surface area contributed by atoms with Crippen LogP contribution in [-0.4, -0.2) is 38.3 Å². The Morgan fingerprint density at radius 3 is 2.52 bits per heavy atom. The average Bonchev–Trinajstić information content (AvgIpc) is 2.93. The van der Waals surface area contributed by atoms with Crippen molar-refractivity contribution in [1.29, 1.82) is 0 Å². The van der Waals surface area contributed by atoms with Gasteiger partial charge in [0.15, 0.2) is 0 Å². The van der Waals surface area contributed by atoms with E-state index in [9.17, 15) is 19.8 Å². The van der Waals surface area contributed by atoms with Gasteiger partial charge in [-0.1, -0.05) is 12.1 Å². The molecule has 0 unspecified atom stereocenters. The van der Waals surface area contributed by atoms with Gasteiger partial charge >= 0.3 is 5.97 Å². The first-order chi connectivity index (χ1) is 10.0. The van der Waals surface area contributed by atoms with E-state index in [0.717, 1.165) is 0 Å². The van der Waals surface area contributed by atoms with Crippen LogP contribution in [0.1, 0.15) is 11.3 Å². The number of phenolic OH excluding ortho intramolecular Hbond substituents is 1. The van der Waals surface area contributed by atoms with E-state index in [2.05, 4.69) is 15.5 Å². The Hall–Kier alpha value is -2.83.